The molecular formula is C20H20FN7O. The van der Waals surface area contributed by atoms with Gasteiger partial charge in [-0.25, -0.2) is 14.4 Å². The molecule has 2 aliphatic heterocycles. The molecule has 0 spiro atoms. The van der Waals surface area contributed by atoms with Gasteiger partial charge in [0.2, 0.25) is 0 Å². The Morgan fingerprint density at radius 2 is 1.97 bits per heavy atom. The number of anilines is 1. The van der Waals surface area contributed by atoms with E-state index in [1.54, 1.807) is 11.2 Å². The second-order valence-corrected chi connectivity index (χ2v) is 7.52. The summed E-state index contributed by atoms with van der Waals surface area (Å²) in [5.74, 6) is 0.760. The van der Waals surface area contributed by atoms with Crippen LogP contribution >= 0.6 is 0 Å². The quantitative estimate of drug-likeness (QED) is 0.676. The van der Waals surface area contributed by atoms with Crippen molar-refractivity contribution in [2.75, 3.05) is 24.5 Å². The Morgan fingerprint density at radius 1 is 1.14 bits per heavy atom. The molecule has 9 heteroatoms. The minimum absolute atomic E-state index is 0.207. The fraction of sp³-hybridized carbons (Fsp3) is 0.350. The number of amides is 1. The Labute approximate surface area is 167 Å². The maximum Gasteiger partial charge on any atom is 0.256 e. The van der Waals surface area contributed by atoms with E-state index in [-0.39, 0.29) is 17.5 Å². The van der Waals surface area contributed by atoms with Crippen LogP contribution in [0, 0.1) is 18.7 Å². The molecule has 1 aromatic carbocycles. The predicted molar refractivity (Wildman–Crippen MR) is 103 cm³/mol. The first-order valence-corrected chi connectivity index (χ1v) is 9.61. The molecule has 2 aliphatic rings. The summed E-state index contributed by atoms with van der Waals surface area (Å²) < 4.78 is 13.9. The van der Waals surface area contributed by atoms with Gasteiger partial charge in [0.15, 0.2) is 0 Å². The van der Waals surface area contributed by atoms with Gasteiger partial charge in [-0.2, -0.15) is 15.0 Å². The number of nitrogens with zero attached hydrogens (tertiary/aromatic N) is 7. The lowest BCUT2D eigenvalue weighted by atomic mass is 9.82. The van der Waals surface area contributed by atoms with Crippen molar-refractivity contribution in [2.45, 2.75) is 19.4 Å². The van der Waals surface area contributed by atoms with Crippen LogP contribution in [0.15, 0.2) is 43.0 Å². The number of fused-ring (bicyclic) bond motifs is 1. The molecule has 0 aliphatic carbocycles. The van der Waals surface area contributed by atoms with Gasteiger partial charge in [-0.1, -0.05) is 0 Å². The maximum absolute atomic E-state index is 13.9. The third kappa shape index (κ3) is 3.12. The van der Waals surface area contributed by atoms with Crippen LogP contribution in [-0.4, -0.2) is 61.4 Å². The number of aryl methyl sites for hydroxylation is 1. The minimum atomic E-state index is -0.458. The molecule has 4 heterocycles. The van der Waals surface area contributed by atoms with Gasteiger partial charge >= 0.3 is 0 Å². The predicted octanol–water partition coefficient (Wildman–Crippen LogP) is 1.86. The average Bonchev–Trinajstić information content (AvgIpc) is 3.23. The van der Waals surface area contributed by atoms with Crippen molar-refractivity contribution in [1.82, 2.24) is 29.9 Å². The van der Waals surface area contributed by atoms with Crippen molar-refractivity contribution >= 4 is 11.7 Å². The van der Waals surface area contributed by atoms with Crippen molar-refractivity contribution in [2.24, 2.45) is 5.92 Å². The Morgan fingerprint density at radius 3 is 2.76 bits per heavy atom. The largest absolute Gasteiger partial charge is 0.351 e. The molecular weight excluding hydrogens is 373 g/mol. The van der Waals surface area contributed by atoms with Crippen LogP contribution in [0.3, 0.4) is 0 Å². The highest BCUT2D eigenvalue weighted by atomic mass is 19.1. The molecule has 3 aromatic rings. The summed E-state index contributed by atoms with van der Waals surface area (Å²) in [6.07, 6.45) is 5.54. The number of aromatic nitrogens is 5. The third-order valence-electron chi connectivity index (χ3n) is 5.75. The lowest BCUT2D eigenvalue weighted by molar-refractivity contribution is 0.0590. The van der Waals surface area contributed by atoms with E-state index in [9.17, 15) is 9.18 Å². The normalized spacial score (nSPS) is 20.9. The molecule has 2 saturated heterocycles. The Hall–Kier alpha value is -3.36. The van der Waals surface area contributed by atoms with E-state index in [0.29, 0.717) is 24.7 Å². The van der Waals surface area contributed by atoms with Crippen LogP contribution in [0.2, 0.25) is 0 Å². The van der Waals surface area contributed by atoms with Crippen LogP contribution in [0.1, 0.15) is 22.5 Å². The van der Waals surface area contributed by atoms with Crippen LogP contribution in [-0.2, 0) is 0 Å². The van der Waals surface area contributed by atoms with Crippen molar-refractivity contribution in [1.29, 1.82) is 0 Å². The van der Waals surface area contributed by atoms with E-state index in [0.717, 1.165) is 24.5 Å². The lowest BCUT2D eigenvalue weighted by Gasteiger charge is -2.54. The molecule has 0 radical (unpaired) electrons. The SMILES string of the molecule is Cc1cc(N2C[C@@H]3CCN(C(=O)c4cc(F)ccc4-n4nccn4)C[C@@H]32)ncn1. The summed E-state index contributed by atoms with van der Waals surface area (Å²) in [6.45, 7) is 4.10. The van der Waals surface area contributed by atoms with E-state index in [1.807, 2.05) is 13.0 Å². The average molecular weight is 393 g/mol. The second kappa shape index (κ2) is 6.91. The van der Waals surface area contributed by atoms with Gasteiger partial charge in [0.1, 0.15) is 18.0 Å². The standard InChI is InChI=1S/C20H20FN7O/c1-13-8-19(23-12-22-13)27-10-14-4-7-26(11-18(14)27)20(29)16-9-15(21)2-3-17(16)28-24-5-6-25-28/h2-3,5-6,8-9,12,14,18H,4,7,10-11H2,1H3/t14-,18-/m0/s1. The van der Waals surface area contributed by atoms with E-state index in [2.05, 4.69) is 25.1 Å². The number of carbonyl (C=O) groups excluding carboxylic acids is 1. The molecule has 148 valence electrons. The molecule has 0 unspecified atom stereocenters. The van der Waals surface area contributed by atoms with Gasteiger partial charge in [0, 0.05) is 37.3 Å². The monoisotopic (exact) mass is 393 g/mol. The fourth-order valence-corrected chi connectivity index (χ4v) is 4.21. The topological polar surface area (TPSA) is 80.0 Å². The highest BCUT2D eigenvalue weighted by Crippen LogP contribution is 2.36. The van der Waals surface area contributed by atoms with Crippen LogP contribution < -0.4 is 4.90 Å². The van der Waals surface area contributed by atoms with Gasteiger partial charge in [-0.05, 0) is 31.5 Å². The summed E-state index contributed by atoms with van der Waals surface area (Å²) in [7, 11) is 0. The van der Waals surface area contributed by atoms with Gasteiger partial charge < -0.3 is 9.80 Å². The van der Waals surface area contributed by atoms with Crippen molar-refractivity contribution in [3.05, 3.63) is 60.1 Å². The summed E-state index contributed by atoms with van der Waals surface area (Å²) in [5.41, 5.74) is 1.65. The number of hydrogen-bond acceptors (Lipinski definition) is 6. The molecule has 2 atom stereocenters. The number of carbonyl (C=O) groups is 1. The van der Waals surface area contributed by atoms with Crippen LogP contribution in [0.4, 0.5) is 10.2 Å². The van der Waals surface area contributed by atoms with E-state index >= 15 is 0 Å². The van der Waals surface area contributed by atoms with Gasteiger partial charge in [-0.3, -0.25) is 4.79 Å². The molecule has 2 aromatic heterocycles. The molecule has 0 bridgehead atoms. The van der Waals surface area contributed by atoms with Crippen molar-refractivity contribution in [3.63, 3.8) is 0 Å². The Balaban J connectivity index is 1.40. The number of piperidine rings is 1. The molecule has 8 nitrogen and oxygen atoms in total. The van der Waals surface area contributed by atoms with Crippen molar-refractivity contribution < 1.29 is 9.18 Å². The zero-order valence-corrected chi connectivity index (χ0v) is 15.9. The highest BCUT2D eigenvalue weighted by Gasteiger charge is 2.44. The summed E-state index contributed by atoms with van der Waals surface area (Å²) >= 11 is 0. The molecule has 0 N–H and O–H groups in total. The summed E-state index contributed by atoms with van der Waals surface area (Å²) in [4.78, 5) is 27.2. The summed E-state index contributed by atoms with van der Waals surface area (Å²) in [5, 5.41) is 8.18. The molecule has 5 rings (SSSR count). The van der Waals surface area contributed by atoms with Crippen LogP contribution in [0.25, 0.3) is 5.69 Å². The van der Waals surface area contributed by atoms with E-state index < -0.39 is 5.82 Å². The number of halogens is 1. The molecule has 0 saturated carbocycles. The highest BCUT2D eigenvalue weighted by molar-refractivity contribution is 5.97. The molecule has 29 heavy (non-hydrogen) atoms. The number of benzene rings is 1. The third-order valence-corrected chi connectivity index (χ3v) is 5.75. The molecule has 1 amide bonds. The van der Waals surface area contributed by atoms with E-state index in [4.69, 9.17) is 0 Å². The lowest BCUT2D eigenvalue weighted by Crippen LogP contribution is -2.65. The smallest absolute Gasteiger partial charge is 0.256 e. The first-order chi connectivity index (χ1) is 14.1. The zero-order chi connectivity index (χ0) is 20.0. The Kier molecular flexibility index (Phi) is 4.22. The molecule has 2 fully saturated rings. The van der Waals surface area contributed by atoms with Gasteiger partial charge in [0.25, 0.3) is 5.91 Å². The first-order valence-electron chi connectivity index (χ1n) is 9.61. The first kappa shape index (κ1) is 17.7. The number of likely N-dealkylation sites (tertiary alicyclic amines) is 1. The van der Waals surface area contributed by atoms with Gasteiger partial charge in [0.05, 0.1) is 29.7 Å². The maximum atomic E-state index is 13.9. The van der Waals surface area contributed by atoms with Crippen LogP contribution in [0.5, 0.6) is 0 Å². The summed E-state index contributed by atoms with van der Waals surface area (Å²) in [6, 6.07) is 6.29. The fourth-order valence-electron chi connectivity index (χ4n) is 4.21. The van der Waals surface area contributed by atoms with Crippen molar-refractivity contribution in [3.8, 4) is 5.69 Å². The van der Waals surface area contributed by atoms with E-state index in [1.165, 1.54) is 35.4 Å². The minimum Gasteiger partial charge on any atom is -0.351 e. The second-order valence-electron chi connectivity index (χ2n) is 7.52. The van der Waals surface area contributed by atoms with Gasteiger partial charge in [-0.15, -0.1) is 0 Å². The zero-order valence-electron chi connectivity index (χ0n) is 15.9. The number of rotatable bonds is 3. The Bertz CT molecular complexity index is 1050. The number of hydrogen-bond donors (Lipinski definition) is 0.